The molecule has 0 aliphatic carbocycles. The van der Waals surface area contributed by atoms with Crippen molar-refractivity contribution in [3.05, 3.63) is 58.6 Å². The Kier molecular flexibility index (Phi) is 6.62. The van der Waals surface area contributed by atoms with Gasteiger partial charge in [0.1, 0.15) is 12.3 Å². The number of rotatable bonds is 5. The lowest BCUT2D eigenvalue weighted by molar-refractivity contribution is -0.139. The Morgan fingerprint density at radius 1 is 1.00 bits per heavy atom. The summed E-state index contributed by atoms with van der Waals surface area (Å²) < 4.78 is 106. The first kappa shape index (κ1) is 23.8. The number of halogens is 7. The van der Waals surface area contributed by atoms with E-state index in [0.717, 1.165) is 24.3 Å². The first-order chi connectivity index (χ1) is 13.6. The van der Waals surface area contributed by atoms with Gasteiger partial charge in [0.15, 0.2) is 0 Å². The summed E-state index contributed by atoms with van der Waals surface area (Å²) in [6, 6.07) is 5.07. The molecule has 0 fully saturated rings. The van der Waals surface area contributed by atoms with Crippen molar-refractivity contribution in [2.75, 3.05) is 17.1 Å². The number of esters is 1. The molecule has 0 aliphatic heterocycles. The van der Waals surface area contributed by atoms with Crippen molar-refractivity contribution in [2.45, 2.75) is 12.4 Å². The molecule has 0 aromatic heterocycles. The first-order valence-electron chi connectivity index (χ1n) is 7.81. The second-order valence-electron chi connectivity index (χ2n) is 5.93. The zero-order chi connectivity index (χ0) is 22.9. The SMILES string of the molecule is CS(=O)(=O)N(CC(=O)Oc1cccc(C(F)(F)F)c1)c1cc(C(F)(F)F)ccc1Cl. The molecular weight excluding hydrogens is 464 g/mol. The number of benzene rings is 2. The van der Waals surface area contributed by atoms with Crippen molar-refractivity contribution in [3.63, 3.8) is 0 Å². The van der Waals surface area contributed by atoms with Crippen LogP contribution in [0.1, 0.15) is 11.1 Å². The molecule has 2 rings (SSSR count). The number of nitrogens with zero attached hydrogens (tertiary/aromatic N) is 1. The van der Waals surface area contributed by atoms with Gasteiger partial charge in [0, 0.05) is 0 Å². The monoisotopic (exact) mass is 475 g/mol. The summed E-state index contributed by atoms with van der Waals surface area (Å²) in [4.78, 5) is 12.1. The van der Waals surface area contributed by atoms with Crippen LogP contribution in [0.25, 0.3) is 0 Å². The standard InChI is InChI=1S/C17H12ClF6NO4S/c1-30(27,28)25(14-8-11(17(22,23)24)5-6-13(14)18)9-15(26)29-12-4-2-3-10(7-12)16(19,20)21/h2-8H,9H2,1H3. The van der Waals surface area contributed by atoms with Gasteiger partial charge in [-0.05, 0) is 36.4 Å². The van der Waals surface area contributed by atoms with Crippen LogP contribution >= 0.6 is 11.6 Å². The lowest BCUT2D eigenvalue weighted by Crippen LogP contribution is -2.37. The number of carbonyl (C=O) groups excluding carboxylic acids is 1. The third kappa shape index (κ3) is 6.02. The lowest BCUT2D eigenvalue weighted by Gasteiger charge is -2.23. The van der Waals surface area contributed by atoms with Crippen LogP contribution in [-0.2, 0) is 27.2 Å². The molecular formula is C17H12ClF6NO4S. The van der Waals surface area contributed by atoms with Gasteiger partial charge in [-0.3, -0.25) is 4.31 Å². The molecule has 0 unspecified atom stereocenters. The van der Waals surface area contributed by atoms with E-state index < -0.39 is 62.5 Å². The summed E-state index contributed by atoms with van der Waals surface area (Å²) in [6.07, 6.45) is -8.92. The third-order valence-electron chi connectivity index (χ3n) is 3.61. The molecule has 5 nitrogen and oxygen atoms in total. The Morgan fingerprint density at radius 3 is 2.10 bits per heavy atom. The number of anilines is 1. The van der Waals surface area contributed by atoms with Crippen LogP contribution in [0.5, 0.6) is 5.75 Å². The molecule has 0 amide bonds. The summed E-state index contributed by atoms with van der Waals surface area (Å²) in [5.41, 5.74) is -2.98. The molecule has 0 spiro atoms. The quantitative estimate of drug-likeness (QED) is 0.356. The van der Waals surface area contributed by atoms with E-state index in [9.17, 15) is 39.6 Å². The van der Waals surface area contributed by atoms with Gasteiger partial charge in [-0.2, -0.15) is 26.3 Å². The Bertz CT molecular complexity index is 1050. The molecule has 0 saturated heterocycles. The van der Waals surface area contributed by atoms with Crippen LogP contribution < -0.4 is 9.04 Å². The van der Waals surface area contributed by atoms with Gasteiger partial charge in [-0.1, -0.05) is 17.7 Å². The molecule has 164 valence electrons. The van der Waals surface area contributed by atoms with Crippen LogP contribution in [0.3, 0.4) is 0 Å². The van der Waals surface area contributed by atoms with Gasteiger partial charge >= 0.3 is 18.3 Å². The Balaban J connectivity index is 2.34. The molecule has 0 heterocycles. The number of sulfonamides is 1. The summed E-state index contributed by atoms with van der Waals surface area (Å²) >= 11 is 5.81. The maximum absolute atomic E-state index is 12.9. The highest BCUT2D eigenvalue weighted by molar-refractivity contribution is 7.92. The van der Waals surface area contributed by atoms with Crippen LogP contribution in [-0.4, -0.2) is 27.2 Å². The minimum atomic E-state index is -4.82. The molecule has 2 aromatic rings. The summed E-state index contributed by atoms with van der Waals surface area (Å²) in [7, 11) is -4.32. The van der Waals surface area contributed by atoms with Gasteiger partial charge in [-0.15, -0.1) is 0 Å². The zero-order valence-corrected chi connectivity index (χ0v) is 16.5. The Hall–Kier alpha value is -2.47. The fourth-order valence-corrected chi connectivity index (χ4v) is 3.40. The molecule has 0 bridgehead atoms. The van der Waals surface area contributed by atoms with Crippen molar-refractivity contribution >= 4 is 33.3 Å². The van der Waals surface area contributed by atoms with Crippen molar-refractivity contribution < 1.29 is 44.3 Å². The first-order valence-corrected chi connectivity index (χ1v) is 10.0. The second kappa shape index (κ2) is 8.34. The van der Waals surface area contributed by atoms with E-state index in [2.05, 4.69) is 0 Å². The highest BCUT2D eigenvalue weighted by Gasteiger charge is 2.34. The highest BCUT2D eigenvalue weighted by Crippen LogP contribution is 2.36. The number of carbonyl (C=O) groups is 1. The van der Waals surface area contributed by atoms with E-state index in [-0.39, 0.29) is 4.31 Å². The Morgan fingerprint density at radius 2 is 1.57 bits per heavy atom. The van der Waals surface area contributed by atoms with Gasteiger partial charge in [0.2, 0.25) is 10.0 Å². The van der Waals surface area contributed by atoms with Crippen LogP contribution in [0, 0.1) is 0 Å². The van der Waals surface area contributed by atoms with Crippen LogP contribution in [0.4, 0.5) is 32.0 Å². The molecule has 30 heavy (non-hydrogen) atoms. The smallest absolute Gasteiger partial charge is 0.416 e. The molecule has 2 aromatic carbocycles. The van der Waals surface area contributed by atoms with E-state index in [1.54, 1.807) is 0 Å². The van der Waals surface area contributed by atoms with Crippen molar-refractivity contribution in [1.29, 1.82) is 0 Å². The third-order valence-corrected chi connectivity index (χ3v) is 5.05. The van der Waals surface area contributed by atoms with E-state index in [0.29, 0.717) is 24.5 Å². The van der Waals surface area contributed by atoms with Gasteiger partial charge in [0.05, 0.1) is 28.1 Å². The van der Waals surface area contributed by atoms with E-state index in [1.807, 2.05) is 0 Å². The molecule has 0 saturated carbocycles. The van der Waals surface area contributed by atoms with Gasteiger partial charge < -0.3 is 4.74 Å². The largest absolute Gasteiger partial charge is 0.425 e. The predicted octanol–water partition coefficient (Wildman–Crippen LogP) is 4.75. The number of ether oxygens (including phenoxy) is 1. The summed E-state index contributed by atoms with van der Waals surface area (Å²) in [5, 5.41) is -0.403. The van der Waals surface area contributed by atoms with E-state index >= 15 is 0 Å². The predicted molar refractivity (Wildman–Crippen MR) is 95.7 cm³/mol. The molecule has 13 heteroatoms. The second-order valence-corrected chi connectivity index (χ2v) is 8.25. The molecule has 0 aliphatic rings. The Labute approximate surface area is 171 Å². The molecule has 0 radical (unpaired) electrons. The average Bonchev–Trinajstić information content (AvgIpc) is 2.58. The maximum atomic E-state index is 12.9. The summed E-state index contributed by atoms with van der Waals surface area (Å²) in [6.45, 7) is -1.13. The average molecular weight is 476 g/mol. The van der Waals surface area contributed by atoms with Crippen LogP contribution in [0.2, 0.25) is 5.02 Å². The zero-order valence-electron chi connectivity index (χ0n) is 14.9. The van der Waals surface area contributed by atoms with Gasteiger partial charge in [-0.25, -0.2) is 13.2 Å². The topological polar surface area (TPSA) is 63.7 Å². The lowest BCUT2D eigenvalue weighted by atomic mass is 10.2. The maximum Gasteiger partial charge on any atom is 0.416 e. The van der Waals surface area contributed by atoms with E-state index in [4.69, 9.17) is 16.3 Å². The minimum absolute atomic E-state index is 0.264. The van der Waals surface area contributed by atoms with Crippen LogP contribution in [0.15, 0.2) is 42.5 Å². The fraction of sp³-hybridized carbons (Fsp3) is 0.235. The fourth-order valence-electron chi connectivity index (χ4n) is 2.28. The number of alkyl halides is 6. The number of hydrogen-bond donors (Lipinski definition) is 0. The minimum Gasteiger partial charge on any atom is -0.425 e. The normalized spacial score (nSPS) is 12.5. The van der Waals surface area contributed by atoms with Crippen molar-refractivity contribution in [1.82, 2.24) is 0 Å². The van der Waals surface area contributed by atoms with E-state index in [1.165, 1.54) is 0 Å². The number of hydrogen-bond acceptors (Lipinski definition) is 4. The van der Waals surface area contributed by atoms with Gasteiger partial charge in [0.25, 0.3) is 0 Å². The summed E-state index contributed by atoms with van der Waals surface area (Å²) in [5.74, 6) is -1.87. The molecule has 0 N–H and O–H groups in total. The highest BCUT2D eigenvalue weighted by atomic mass is 35.5. The van der Waals surface area contributed by atoms with Crippen molar-refractivity contribution in [3.8, 4) is 5.75 Å². The molecule has 0 atom stereocenters. The van der Waals surface area contributed by atoms with Crippen molar-refractivity contribution in [2.24, 2.45) is 0 Å².